The normalized spacial score (nSPS) is 25.2. The van der Waals surface area contributed by atoms with Gasteiger partial charge >= 0.3 is 0 Å². The minimum Gasteiger partial charge on any atom is -0.374 e. The topological polar surface area (TPSA) is 34.5 Å². The fourth-order valence-electron chi connectivity index (χ4n) is 4.02. The summed E-state index contributed by atoms with van der Waals surface area (Å²) < 4.78 is 7.93. The number of ether oxygens (including phenoxy) is 1. The molecule has 4 heteroatoms. The number of hydrogen-bond donors (Lipinski definition) is 0. The van der Waals surface area contributed by atoms with Gasteiger partial charge in [0.05, 0.1) is 24.3 Å². The van der Waals surface area contributed by atoms with E-state index in [1.165, 1.54) is 12.8 Å². The van der Waals surface area contributed by atoms with Gasteiger partial charge in [-0.2, -0.15) is 0 Å². The van der Waals surface area contributed by atoms with Crippen molar-refractivity contribution in [2.24, 2.45) is 7.05 Å². The van der Waals surface area contributed by atoms with E-state index in [0.717, 1.165) is 29.3 Å². The molecule has 4 rings (SSSR count). The van der Waals surface area contributed by atoms with Crippen LogP contribution in [0.4, 0.5) is 0 Å². The largest absolute Gasteiger partial charge is 0.374 e. The minimum atomic E-state index is 0.164. The lowest BCUT2D eigenvalue weighted by atomic mass is 9.89. The monoisotopic (exact) mass is 298 g/mol. The number of hydrogen-bond acceptors (Lipinski definition) is 2. The number of nitrogens with zero attached hydrogens (tertiary/aromatic N) is 2. The number of rotatable bonds is 1. The molecule has 1 aliphatic carbocycles. The van der Waals surface area contributed by atoms with Crippen molar-refractivity contribution in [3.05, 3.63) is 36.0 Å². The molecule has 2 unspecified atom stereocenters. The molecule has 2 fully saturated rings. The van der Waals surface area contributed by atoms with E-state index < -0.39 is 0 Å². The van der Waals surface area contributed by atoms with Crippen molar-refractivity contribution in [1.82, 2.24) is 9.47 Å². The van der Waals surface area contributed by atoms with Crippen molar-refractivity contribution in [2.75, 3.05) is 13.2 Å². The third-order valence-electron chi connectivity index (χ3n) is 5.12. The fourth-order valence-corrected chi connectivity index (χ4v) is 4.02. The van der Waals surface area contributed by atoms with Gasteiger partial charge in [0.2, 0.25) is 0 Å². The summed E-state index contributed by atoms with van der Waals surface area (Å²) in [5.74, 6) is 0.164. The molecule has 0 bridgehead atoms. The van der Waals surface area contributed by atoms with Gasteiger partial charge in [-0.3, -0.25) is 4.79 Å². The molecule has 2 aliphatic rings. The molecule has 2 heterocycles. The second-order valence-electron chi connectivity index (χ2n) is 6.43. The van der Waals surface area contributed by atoms with Crippen LogP contribution < -0.4 is 0 Å². The van der Waals surface area contributed by atoms with Crippen molar-refractivity contribution >= 4 is 16.8 Å². The number of aryl methyl sites for hydroxylation is 1. The smallest absolute Gasteiger partial charge is 0.256 e. The lowest BCUT2D eigenvalue weighted by molar-refractivity contribution is -0.0752. The third-order valence-corrected chi connectivity index (χ3v) is 5.12. The van der Waals surface area contributed by atoms with E-state index in [-0.39, 0.29) is 18.1 Å². The van der Waals surface area contributed by atoms with E-state index in [9.17, 15) is 4.79 Å². The van der Waals surface area contributed by atoms with E-state index in [0.29, 0.717) is 13.2 Å². The summed E-state index contributed by atoms with van der Waals surface area (Å²) in [6, 6.07) is 8.38. The molecule has 2 aromatic rings. The number of benzene rings is 1. The average molecular weight is 298 g/mol. The van der Waals surface area contributed by atoms with Crippen LogP contribution in [0.15, 0.2) is 30.5 Å². The van der Waals surface area contributed by atoms with Crippen LogP contribution in [-0.4, -0.2) is 40.7 Å². The fraction of sp³-hybridized carbons (Fsp3) is 0.500. The van der Waals surface area contributed by atoms with E-state index in [1.807, 2.05) is 36.0 Å². The highest BCUT2D eigenvalue weighted by Crippen LogP contribution is 2.31. The molecule has 116 valence electrons. The first-order chi connectivity index (χ1) is 10.8. The standard InChI is InChI=1S/C18H22N2O2/c1-19-12-14(13-6-2-3-7-15(13)19)18(21)20-10-11-22-17-9-5-4-8-16(17)20/h2-3,6-7,12,16-17H,4-5,8-11H2,1H3. The van der Waals surface area contributed by atoms with Gasteiger partial charge in [0, 0.05) is 30.7 Å². The summed E-state index contributed by atoms with van der Waals surface area (Å²) in [7, 11) is 2.00. The average Bonchev–Trinajstić information content (AvgIpc) is 2.91. The summed E-state index contributed by atoms with van der Waals surface area (Å²) in [6.07, 6.45) is 6.79. The van der Waals surface area contributed by atoms with Crippen molar-refractivity contribution in [1.29, 1.82) is 0 Å². The number of para-hydroxylation sites is 1. The quantitative estimate of drug-likeness (QED) is 0.811. The van der Waals surface area contributed by atoms with Crippen molar-refractivity contribution in [3.63, 3.8) is 0 Å². The van der Waals surface area contributed by atoms with E-state index in [4.69, 9.17) is 4.74 Å². The van der Waals surface area contributed by atoms with Crippen LogP contribution in [0, 0.1) is 0 Å². The van der Waals surface area contributed by atoms with Crippen LogP contribution in [0.1, 0.15) is 36.0 Å². The maximum Gasteiger partial charge on any atom is 0.256 e. The van der Waals surface area contributed by atoms with Gasteiger partial charge in [-0.25, -0.2) is 0 Å². The van der Waals surface area contributed by atoms with Gasteiger partial charge in [0.15, 0.2) is 0 Å². The van der Waals surface area contributed by atoms with Crippen molar-refractivity contribution in [2.45, 2.75) is 37.8 Å². The summed E-state index contributed by atoms with van der Waals surface area (Å²) in [5.41, 5.74) is 1.93. The van der Waals surface area contributed by atoms with Crippen LogP contribution in [0.3, 0.4) is 0 Å². The van der Waals surface area contributed by atoms with Gasteiger partial charge < -0.3 is 14.2 Å². The number of carbonyl (C=O) groups excluding carboxylic acids is 1. The minimum absolute atomic E-state index is 0.164. The van der Waals surface area contributed by atoms with Crippen LogP contribution in [-0.2, 0) is 11.8 Å². The highest BCUT2D eigenvalue weighted by atomic mass is 16.5. The highest BCUT2D eigenvalue weighted by molar-refractivity contribution is 6.07. The Kier molecular flexibility index (Phi) is 3.41. The summed E-state index contributed by atoms with van der Waals surface area (Å²) in [5, 5.41) is 1.05. The first-order valence-electron chi connectivity index (χ1n) is 8.22. The first kappa shape index (κ1) is 13.8. The molecule has 0 N–H and O–H groups in total. The Bertz CT molecular complexity index is 704. The molecule has 1 aromatic heterocycles. The molecule has 1 saturated carbocycles. The number of morpholine rings is 1. The maximum absolute atomic E-state index is 13.1. The molecule has 1 amide bonds. The van der Waals surface area contributed by atoms with E-state index in [1.54, 1.807) is 0 Å². The molecule has 1 saturated heterocycles. The van der Waals surface area contributed by atoms with Crippen LogP contribution >= 0.6 is 0 Å². The van der Waals surface area contributed by atoms with E-state index in [2.05, 4.69) is 11.0 Å². The predicted molar refractivity (Wildman–Crippen MR) is 86.0 cm³/mol. The Morgan fingerprint density at radius 2 is 2.05 bits per heavy atom. The van der Waals surface area contributed by atoms with Crippen molar-refractivity contribution in [3.8, 4) is 0 Å². The zero-order valence-corrected chi connectivity index (χ0v) is 13.0. The third kappa shape index (κ3) is 2.13. The van der Waals surface area contributed by atoms with Gasteiger partial charge in [-0.15, -0.1) is 0 Å². The second-order valence-corrected chi connectivity index (χ2v) is 6.43. The zero-order chi connectivity index (χ0) is 15.1. The molecule has 0 radical (unpaired) electrons. The van der Waals surface area contributed by atoms with Crippen molar-refractivity contribution < 1.29 is 9.53 Å². The Balaban J connectivity index is 1.70. The summed E-state index contributed by atoms with van der Waals surface area (Å²) in [6.45, 7) is 1.38. The number of aromatic nitrogens is 1. The zero-order valence-electron chi connectivity index (χ0n) is 13.0. The predicted octanol–water partition coefficient (Wildman–Crippen LogP) is 2.96. The highest BCUT2D eigenvalue weighted by Gasteiger charge is 2.37. The Morgan fingerprint density at radius 3 is 2.95 bits per heavy atom. The number of fused-ring (bicyclic) bond motifs is 2. The summed E-state index contributed by atoms with van der Waals surface area (Å²) >= 11 is 0. The Hall–Kier alpha value is -1.81. The molecular weight excluding hydrogens is 276 g/mol. The van der Waals surface area contributed by atoms with Crippen LogP contribution in [0.25, 0.3) is 10.9 Å². The lowest BCUT2D eigenvalue weighted by Crippen LogP contribution is -2.54. The molecular formula is C18H22N2O2. The van der Waals surface area contributed by atoms with Gasteiger partial charge in [-0.1, -0.05) is 31.0 Å². The lowest BCUT2D eigenvalue weighted by Gasteiger charge is -2.43. The molecule has 4 nitrogen and oxygen atoms in total. The number of carbonyl (C=O) groups is 1. The maximum atomic E-state index is 13.1. The molecule has 2 atom stereocenters. The number of amides is 1. The van der Waals surface area contributed by atoms with Crippen LogP contribution in [0.2, 0.25) is 0 Å². The molecule has 0 spiro atoms. The molecule has 22 heavy (non-hydrogen) atoms. The second kappa shape index (κ2) is 5.43. The SMILES string of the molecule is Cn1cc(C(=O)N2CCOC3CCCCC32)c2ccccc21. The van der Waals surface area contributed by atoms with Gasteiger partial charge in [-0.05, 0) is 18.9 Å². The van der Waals surface area contributed by atoms with Crippen LogP contribution in [0.5, 0.6) is 0 Å². The van der Waals surface area contributed by atoms with E-state index >= 15 is 0 Å². The Morgan fingerprint density at radius 1 is 1.23 bits per heavy atom. The first-order valence-corrected chi connectivity index (χ1v) is 8.22. The Labute approximate surface area is 130 Å². The molecule has 1 aromatic carbocycles. The van der Waals surface area contributed by atoms with Gasteiger partial charge in [0.1, 0.15) is 0 Å². The van der Waals surface area contributed by atoms with Gasteiger partial charge in [0.25, 0.3) is 5.91 Å². The molecule has 1 aliphatic heterocycles. The summed E-state index contributed by atoms with van der Waals surface area (Å²) in [4.78, 5) is 15.2.